The van der Waals surface area contributed by atoms with E-state index in [-0.39, 0.29) is 40.3 Å². The molecule has 4 aromatic carbocycles. The minimum absolute atomic E-state index is 0.0762. The lowest BCUT2D eigenvalue weighted by atomic mass is 10.0. The van der Waals surface area contributed by atoms with E-state index in [9.17, 15) is 41.4 Å². The molecule has 0 fully saturated rings. The molecule has 0 amide bonds. The van der Waals surface area contributed by atoms with Crippen LogP contribution in [0.3, 0.4) is 0 Å². The second-order valence-electron chi connectivity index (χ2n) is 19.8. The fourth-order valence-electron chi connectivity index (χ4n) is 10.2. The van der Waals surface area contributed by atoms with E-state index < -0.39 is 17.1 Å². The van der Waals surface area contributed by atoms with Crippen molar-refractivity contribution in [1.82, 2.24) is 39.1 Å². The summed E-state index contributed by atoms with van der Waals surface area (Å²) < 4.78 is 96.2. The van der Waals surface area contributed by atoms with Crippen LogP contribution in [0.2, 0.25) is 0 Å². The van der Waals surface area contributed by atoms with Crippen LogP contribution in [-0.2, 0) is 19.6 Å². The summed E-state index contributed by atoms with van der Waals surface area (Å²) >= 11 is 2.24. The summed E-state index contributed by atoms with van der Waals surface area (Å²) in [5.41, 5.74) is 7.62. The van der Waals surface area contributed by atoms with E-state index in [0.717, 1.165) is 22.2 Å². The summed E-state index contributed by atoms with van der Waals surface area (Å²) in [7, 11) is 0. The standard InChI is InChI=1S/C22H17BrF2N2O3.C21H16F3N3O3.C20H17N3O3/c1-13-21(14(2)30-26-13)17-10-16-8-9-20(28)27(12-15-6-4-3-5-7-15)18(16)11-19(17)29-22(23,24)25;1-12-20(13(2)30-26-12)16-9-14-6-7-19(28)27(11-15-5-3-4-8-25-15)17(14)10-18(16)29-21(22,23)24;1-12-20(13(2)26-22-12)16-9-14-6-7-19(25)23(17(14)10-18(16)24)11-15-5-3-4-8-21-15/h3-11H,12H2,1-2H3;3-10H,11H2,1-2H3;3-10,24H,11H2,1-2H3. The third-order valence-electron chi connectivity index (χ3n) is 13.9. The Morgan fingerprint density at radius 2 is 0.860 bits per heavy atom. The average molecular weight is 1240 g/mol. The Balaban J connectivity index is 0.000000144. The summed E-state index contributed by atoms with van der Waals surface area (Å²) in [6.07, 6.45) is -1.64. The fourth-order valence-corrected chi connectivity index (χ4v) is 10.3. The molecule has 23 heteroatoms. The molecule has 0 aliphatic rings. The zero-order chi connectivity index (χ0) is 61.2. The molecular formula is C63H50BrF5N8O9. The molecule has 12 rings (SSSR count). The number of hydrogen-bond donors (Lipinski definition) is 1. The number of phenolic OH excluding ortho intramolecular Hbond substituents is 1. The van der Waals surface area contributed by atoms with Gasteiger partial charge in [0.25, 0.3) is 16.7 Å². The maximum Gasteiger partial charge on any atom is 0.573 e. The van der Waals surface area contributed by atoms with Crippen LogP contribution in [-0.4, -0.2) is 55.6 Å². The van der Waals surface area contributed by atoms with Gasteiger partial charge in [-0.1, -0.05) is 57.9 Å². The number of ether oxygens (including phenoxy) is 2. The minimum Gasteiger partial charge on any atom is -0.507 e. The Labute approximate surface area is 493 Å². The van der Waals surface area contributed by atoms with E-state index in [2.05, 4.69) is 46.1 Å². The third-order valence-corrected chi connectivity index (χ3v) is 14.1. The van der Waals surface area contributed by atoms with Gasteiger partial charge in [0, 0.05) is 81.4 Å². The van der Waals surface area contributed by atoms with Crippen molar-refractivity contribution in [3.05, 3.63) is 234 Å². The van der Waals surface area contributed by atoms with Crippen LogP contribution in [0.25, 0.3) is 66.1 Å². The highest BCUT2D eigenvalue weighted by Gasteiger charge is 2.34. The lowest BCUT2D eigenvalue weighted by molar-refractivity contribution is -0.274. The molecule has 0 atom stereocenters. The van der Waals surface area contributed by atoms with Gasteiger partial charge in [-0.05, 0) is 124 Å². The van der Waals surface area contributed by atoms with Crippen molar-refractivity contribution in [2.75, 3.05) is 0 Å². The summed E-state index contributed by atoms with van der Waals surface area (Å²) in [5, 5.41) is 20.8. The van der Waals surface area contributed by atoms with E-state index in [1.807, 2.05) is 61.5 Å². The van der Waals surface area contributed by atoms with Crippen LogP contribution in [0, 0.1) is 41.5 Å². The maximum absolute atomic E-state index is 13.7. The van der Waals surface area contributed by atoms with Crippen molar-refractivity contribution >= 4 is 48.6 Å². The second-order valence-corrected chi connectivity index (χ2v) is 20.8. The molecule has 0 aliphatic carbocycles. The summed E-state index contributed by atoms with van der Waals surface area (Å²) in [4.78, 5) is 46.0. The van der Waals surface area contributed by atoms with Gasteiger partial charge >= 0.3 is 11.4 Å². The van der Waals surface area contributed by atoms with Crippen LogP contribution in [0.4, 0.5) is 22.0 Å². The summed E-state index contributed by atoms with van der Waals surface area (Å²) in [6, 6.07) is 39.0. The molecule has 0 saturated heterocycles. The van der Waals surface area contributed by atoms with Crippen molar-refractivity contribution in [3.8, 4) is 50.6 Å². The molecule has 86 heavy (non-hydrogen) atoms. The molecular weight excluding hydrogens is 1190 g/mol. The first kappa shape index (κ1) is 59.1. The van der Waals surface area contributed by atoms with Crippen LogP contribution >= 0.6 is 15.9 Å². The Bertz CT molecular complexity index is 4390. The van der Waals surface area contributed by atoms with Crippen molar-refractivity contribution in [2.45, 2.75) is 72.6 Å². The SMILES string of the molecule is Cc1noc(C)c1-c1cc2ccc(=O)n(Cc3ccccc3)c2cc1OC(F)(F)Br.Cc1noc(C)c1-c1cc2ccc(=O)n(Cc3ccccn3)c2cc1O.Cc1noc(C)c1-c1cc2ccc(=O)n(Cc3ccccn3)c2cc1OC(F)(F)F. The summed E-state index contributed by atoms with van der Waals surface area (Å²) in [6.45, 7) is 11.0. The quantitative estimate of drug-likeness (QED) is 0.0892. The molecule has 0 saturated carbocycles. The van der Waals surface area contributed by atoms with Crippen molar-refractivity contribution in [1.29, 1.82) is 0 Å². The van der Waals surface area contributed by atoms with Crippen LogP contribution < -0.4 is 26.2 Å². The number of phenols is 1. The Morgan fingerprint density at radius 1 is 0.477 bits per heavy atom. The number of benzene rings is 4. The smallest absolute Gasteiger partial charge is 0.507 e. The van der Waals surface area contributed by atoms with Gasteiger partial charge in [-0.15, -0.1) is 13.2 Å². The number of fused-ring (bicyclic) bond motifs is 3. The molecule has 17 nitrogen and oxygen atoms in total. The van der Waals surface area contributed by atoms with Crippen molar-refractivity contribution < 1.29 is 50.1 Å². The van der Waals surface area contributed by atoms with E-state index in [1.165, 1.54) is 45.5 Å². The van der Waals surface area contributed by atoms with Crippen LogP contribution in [0.1, 0.15) is 51.3 Å². The van der Waals surface area contributed by atoms with Gasteiger partial charge in [-0.2, -0.15) is 8.78 Å². The molecule has 0 unspecified atom stereocenters. The van der Waals surface area contributed by atoms with E-state index in [0.29, 0.717) is 103 Å². The maximum atomic E-state index is 13.7. The molecule has 8 heterocycles. The van der Waals surface area contributed by atoms with Gasteiger partial charge in [0.2, 0.25) is 0 Å². The number of alkyl halides is 6. The molecule has 0 spiro atoms. The minimum atomic E-state index is -4.91. The number of rotatable bonds is 12. The molecule has 1 N–H and O–H groups in total. The zero-order valence-electron chi connectivity index (χ0n) is 46.6. The number of aromatic nitrogens is 8. The topological polar surface area (TPSA) is 209 Å². The van der Waals surface area contributed by atoms with Gasteiger partial charge in [-0.25, -0.2) is 0 Å². The monoisotopic (exact) mass is 1240 g/mol. The largest absolute Gasteiger partial charge is 0.573 e. The molecule has 8 aromatic heterocycles. The molecule has 438 valence electrons. The van der Waals surface area contributed by atoms with E-state index in [1.54, 1.807) is 100 Å². The van der Waals surface area contributed by atoms with Gasteiger partial charge in [-0.3, -0.25) is 24.4 Å². The second kappa shape index (κ2) is 24.3. The Hall–Kier alpha value is -10.0. The predicted molar refractivity (Wildman–Crippen MR) is 315 cm³/mol. The van der Waals surface area contributed by atoms with Crippen LogP contribution in [0.15, 0.2) is 180 Å². The van der Waals surface area contributed by atoms with E-state index in [4.69, 9.17) is 18.3 Å². The molecule has 0 aliphatic heterocycles. The molecule has 0 radical (unpaired) electrons. The van der Waals surface area contributed by atoms with Gasteiger partial charge in [0.15, 0.2) is 0 Å². The average Bonchev–Trinajstić information content (AvgIpc) is 1.31. The zero-order valence-corrected chi connectivity index (χ0v) is 48.2. The van der Waals surface area contributed by atoms with Crippen molar-refractivity contribution in [2.24, 2.45) is 0 Å². The number of pyridine rings is 5. The summed E-state index contributed by atoms with van der Waals surface area (Å²) in [5.74, 6) is 1.02. The highest BCUT2D eigenvalue weighted by Crippen LogP contribution is 2.43. The third kappa shape index (κ3) is 13.0. The first-order chi connectivity index (χ1) is 41.0. The number of aryl methyl sites for hydroxylation is 6. The number of hydrogen-bond acceptors (Lipinski definition) is 14. The highest BCUT2D eigenvalue weighted by molar-refractivity contribution is 9.09. The lowest BCUT2D eigenvalue weighted by Crippen LogP contribution is -2.21. The van der Waals surface area contributed by atoms with Crippen molar-refractivity contribution in [3.63, 3.8) is 0 Å². The fraction of sp³-hybridized carbons (Fsp3) is 0.175. The Morgan fingerprint density at radius 3 is 1.24 bits per heavy atom. The highest BCUT2D eigenvalue weighted by atomic mass is 79.9. The van der Waals surface area contributed by atoms with E-state index >= 15 is 0 Å². The van der Waals surface area contributed by atoms with Gasteiger partial charge < -0.3 is 41.9 Å². The first-order valence-electron chi connectivity index (χ1n) is 26.4. The normalized spacial score (nSPS) is 11.6. The van der Waals surface area contributed by atoms with Gasteiger partial charge in [0.1, 0.15) is 34.5 Å². The molecule has 12 aromatic rings. The number of nitrogens with zero attached hydrogens (tertiary/aromatic N) is 8. The predicted octanol–water partition coefficient (Wildman–Crippen LogP) is 13.7. The number of aromatic hydroxyl groups is 1. The van der Waals surface area contributed by atoms with Gasteiger partial charge in [0.05, 0.1) is 81.3 Å². The molecule has 0 bridgehead atoms. The Kier molecular flexibility index (Phi) is 16.7. The first-order valence-corrected chi connectivity index (χ1v) is 27.2. The lowest BCUT2D eigenvalue weighted by Gasteiger charge is -2.18. The van der Waals surface area contributed by atoms with Crippen LogP contribution in [0.5, 0.6) is 17.2 Å². The number of halogens is 6.